The molecule has 3 heterocycles. The fourth-order valence-corrected chi connectivity index (χ4v) is 3.95. The molecular weight excluding hydrogens is 512 g/mol. The third-order valence-electron chi connectivity index (χ3n) is 4.92. The molecule has 0 saturated heterocycles. The van der Waals surface area contributed by atoms with Gasteiger partial charge in [0.2, 0.25) is 0 Å². The first-order chi connectivity index (χ1) is 12.6. The van der Waals surface area contributed by atoms with E-state index in [-0.39, 0.29) is 20.1 Å². The summed E-state index contributed by atoms with van der Waals surface area (Å²) in [6, 6.07) is 17.9. The van der Waals surface area contributed by atoms with Crippen LogP contribution in [0.1, 0.15) is 17.2 Å². The van der Waals surface area contributed by atoms with Gasteiger partial charge in [-0.05, 0) is 32.2 Å². The van der Waals surface area contributed by atoms with Crippen LogP contribution in [0.25, 0.3) is 38.6 Å². The van der Waals surface area contributed by atoms with Crippen molar-refractivity contribution >= 4 is 27.3 Å². The van der Waals surface area contributed by atoms with Gasteiger partial charge < -0.3 is 4.40 Å². The van der Waals surface area contributed by atoms with Crippen molar-refractivity contribution in [2.45, 2.75) is 20.8 Å². The molecule has 0 spiro atoms. The molecule has 27 heavy (non-hydrogen) atoms. The minimum absolute atomic E-state index is 0. The van der Waals surface area contributed by atoms with E-state index in [9.17, 15) is 0 Å². The van der Waals surface area contributed by atoms with Gasteiger partial charge in [0, 0.05) is 37.4 Å². The van der Waals surface area contributed by atoms with Crippen LogP contribution in [0, 0.1) is 26.8 Å². The normalized spacial score (nSPS) is 11.2. The topological polar surface area (TPSA) is 43.1 Å². The van der Waals surface area contributed by atoms with Crippen molar-refractivity contribution in [3.05, 3.63) is 71.9 Å². The zero-order valence-electron chi connectivity index (χ0n) is 15.2. The third kappa shape index (κ3) is 2.58. The van der Waals surface area contributed by atoms with Gasteiger partial charge in [-0.1, -0.05) is 23.6 Å². The van der Waals surface area contributed by atoms with E-state index < -0.39 is 0 Å². The summed E-state index contributed by atoms with van der Waals surface area (Å²) >= 11 is 0. The molecule has 0 amide bonds. The molecule has 0 saturated carbocycles. The van der Waals surface area contributed by atoms with Gasteiger partial charge in [0.1, 0.15) is 5.82 Å². The number of aromatic nitrogens is 4. The Kier molecular flexibility index (Phi) is 4.29. The number of fused-ring (bicyclic) bond motifs is 6. The number of benzene rings is 2. The Morgan fingerprint density at radius 1 is 0.889 bits per heavy atom. The fourth-order valence-electron chi connectivity index (χ4n) is 3.95. The maximum atomic E-state index is 4.75. The van der Waals surface area contributed by atoms with Gasteiger partial charge in [-0.15, -0.1) is 29.7 Å². The molecule has 0 aliphatic carbocycles. The van der Waals surface area contributed by atoms with Crippen molar-refractivity contribution in [1.82, 2.24) is 19.4 Å². The SMILES string of the molecule is Cc1nc(C)c(-c2cnc3c4[c-]cccc4c4ccccc4n23)c(C)n1.[Ir]. The fraction of sp³-hybridized carbons (Fsp3) is 0.136. The molecule has 5 aromatic rings. The van der Waals surface area contributed by atoms with Crippen molar-refractivity contribution in [2.75, 3.05) is 0 Å². The minimum atomic E-state index is 0. The summed E-state index contributed by atoms with van der Waals surface area (Å²) in [7, 11) is 0. The molecule has 135 valence electrons. The van der Waals surface area contributed by atoms with Crippen LogP contribution in [0.5, 0.6) is 0 Å². The van der Waals surface area contributed by atoms with Crippen LogP contribution >= 0.6 is 0 Å². The second-order valence-corrected chi connectivity index (χ2v) is 6.60. The summed E-state index contributed by atoms with van der Waals surface area (Å²) in [6.45, 7) is 5.99. The molecule has 0 aliphatic rings. The van der Waals surface area contributed by atoms with Crippen LogP contribution in [0.15, 0.2) is 48.7 Å². The monoisotopic (exact) mass is 530 g/mol. The Morgan fingerprint density at radius 3 is 2.37 bits per heavy atom. The van der Waals surface area contributed by atoms with E-state index >= 15 is 0 Å². The van der Waals surface area contributed by atoms with Crippen molar-refractivity contribution in [3.8, 4) is 11.3 Å². The number of rotatable bonds is 1. The van der Waals surface area contributed by atoms with Crippen LogP contribution in [0.4, 0.5) is 0 Å². The van der Waals surface area contributed by atoms with Crippen LogP contribution in [0.3, 0.4) is 0 Å². The molecule has 0 aliphatic heterocycles. The molecule has 5 heteroatoms. The van der Waals surface area contributed by atoms with Gasteiger partial charge in [-0.2, -0.15) is 0 Å². The van der Waals surface area contributed by atoms with Crippen molar-refractivity contribution in [3.63, 3.8) is 0 Å². The maximum Gasteiger partial charge on any atom is 0.125 e. The van der Waals surface area contributed by atoms with Crippen molar-refractivity contribution < 1.29 is 20.1 Å². The number of hydrogen-bond acceptors (Lipinski definition) is 3. The standard InChI is InChI=1S/C22H17N4.Ir/c1-13-21(14(2)25-15(3)24-13)20-12-23-22-18-10-5-4-8-16(18)17-9-6-7-11-19(17)26(20)22;/h4-9,11-12H,1-3H3;/q-1;. The quantitative estimate of drug-likeness (QED) is 0.231. The Bertz CT molecular complexity index is 1300. The van der Waals surface area contributed by atoms with Crippen LogP contribution < -0.4 is 0 Å². The molecule has 0 atom stereocenters. The molecule has 0 fully saturated rings. The van der Waals surface area contributed by atoms with Crippen LogP contribution in [0.2, 0.25) is 0 Å². The van der Waals surface area contributed by atoms with Crippen molar-refractivity contribution in [2.24, 2.45) is 0 Å². The first kappa shape index (κ1) is 17.8. The van der Waals surface area contributed by atoms with Crippen LogP contribution in [-0.4, -0.2) is 19.4 Å². The molecule has 0 unspecified atom stereocenters. The second-order valence-electron chi connectivity index (χ2n) is 6.60. The van der Waals surface area contributed by atoms with Crippen molar-refractivity contribution in [1.29, 1.82) is 0 Å². The number of nitrogens with zero attached hydrogens (tertiary/aromatic N) is 4. The maximum absolute atomic E-state index is 4.75. The number of hydrogen-bond donors (Lipinski definition) is 0. The van der Waals surface area contributed by atoms with E-state index in [0.29, 0.717) is 0 Å². The summed E-state index contributed by atoms with van der Waals surface area (Å²) < 4.78 is 2.21. The van der Waals surface area contributed by atoms with Crippen LogP contribution in [-0.2, 0) is 20.1 Å². The molecule has 0 bridgehead atoms. The number of pyridine rings is 1. The Hall–Kier alpha value is -2.62. The number of aryl methyl sites for hydroxylation is 3. The number of imidazole rings is 1. The molecule has 0 N–H and O–H groups in total. The molecule has 3 aromatic heterocycles. The summed E-state index contributed by atoms with van der Waals surface area (Å²) in [5.74, 6) is 0.793. The third-order valence-corrected chi connectivity index (χ3v) is 4.92. The van der Waals surface area contributed by atoms with E-state index in [1.165, 1.54) is 10.8 Å². The Labute approximate surface area is 170 Å². The average molecular weight is 530 g/mol. The summed E-state index contributed by atoms with van der Waals surface area (Å²) in [5.41, 5.74) is 6.04. The smallest absolute Gasteiger partial charge is 0.125 e. The van der Waals surface area contributed by atoms with E-state index in [2.05, 4.69) is 50.8 Å². The minimum Gasteiger partial charge on any atom is -0.333 e. The zero-order valence-corrected chi connectivity index (χ0v) is 17.6. The van der Waals surface area contributed by atoms with Gasteiger partial charge in [-0.25, -0.2) is 9.97 Å². The molecule has 5 rings (SSSR count). The molecule has 4 nitrogen and oxygen atoms in total. The predicted molar refractivity (Wildman–Crippen MR) is 104 cm³/mol. The summed E-state index contributed by atoms with van der Waals surface area (Å²) in [5, 5.41) is 3.39. The Balaban J connectivity index is 0.00000180. The van der Waals surface area contributed by atoms with E-state index in [1.54, 1.807) is 0 Å². The Morgan fingerprint density at radius 2 is 1.59 bits per heavy atom. The average Bonchev–Trinajstić information content (AvgIpc) is 3.06. The molecular formula is C22H17IrN4-. The van der Waals surface area contributed by atoms with Gasteiger partial charge in [0.25, 0.3) is 0 Å². The van der Waals surface area contributed by atoms with Gasteiger partial charge in [-0.3, -0.25) is 4.98 Å². The van der Waals surface area contributed by atoms with Gasteiger partial charge >= 0.3 is 0 Å². The van der Waals surface area contributed by atoms with E-state index in [0.717, 1.165) is 45.0 Å². The predicted octanol–water partition coefficient (Wildman–Crippen LogP) is 4.82. The van der Waals surface area contributed by atoms with E-state index in [4.69, 9.17) is 4.98 Å². The second kappa shape index (κ2) is 6.52. The summed E-state index contributed by atoms with van der Waals surface area (Å²) in [6.07, 6.45) is 1.93. The largest absolute Gasteiger partial charge is 0.333 e. The van der Waals surface area contributed by atoms with Gasteiger partial charge in [0.15, 0.2) is 0 Å². The molecule has 2 aromatic carbocycles. The first-order valence-corrected chi connectivity index (χ1v) is 8.66. The number of para-hydroxylation sites is 1. The van der Waals surface area contributed by atoms with Gasteiger partial charge in [0.05, 0.1) is 22.7 Å². The molecule has 1 radical (unpaired) electrons. The summed E-state index contributed by atoms with van der Waals surface area (Å²) in [4.78, 5) is 13.9. The zero-order chi connectivity index (χ0) is 17.8. The van der Waals surface area contributed by atoms with E-state index in [1.807, 2.05) is 39.1 Å². The first-order valence-electron chi connectivity index (χ1n) is 8.66.